The van der Waals surface area contributed by atoms with Gasteiger partial charge in [0.1, 0.15) is 5.00 Å². The Balaban J connectivity index is 2.40. The number of nitrogens with one attached hydrogen (secondary N) is 1. The molecule has 128 valence electrons. The number of carbonyl (C=O) groups excluding carboxylic acids is 2. The van der Waals surface area contributed by atoms with Crippen LogP contribution in [0.15, 0.2) is 0 Å². The molecule has 1 aromatic rings. The van der Waals surface area contributed by atoms with Crippen LogP contribution in [0.1, 0.15) is 53.9 Å². The first-order valence-corrected chi connectivity index (χ1v) is 9.39. The van der Waals surface area contributed by atoms with E-state index in [0.717, 1.165) is 42.5 Å². The van der Waals surface area contributed by atoms with E-state index in [0.29, 0.717) is 10.6 Å². The van der Waals surface area contributed by atoms with Crippen LogP contribution < -0.4 is 5.32 Å². The summed E-state index contributed by atoms with van der Waals surface area (Å²) in [5, 5.41) is 2.97. The van der Waals surface area contributed by atoms with Crippen molar-refractivity contribution in [3.8, 4) is 0 Å². The number of esters is 1. The molecule has 1 aliphatic carbocycles. The summed E-state index contributed by atoms with van der Waals surface area (Å²) in [7, 11) is 0. The van der Waals surface area contributed by atoms with Crippen molar-refractivity contribution in [2.24, 2.45) is 0 Å². The average molecular weight is 399 g/mol. The monoisotopic (exact) mass is 397 g/mol. The van der Waals surface area contributed by atoms with Crippen LogP contribution in [0.3, 0.4) is 0 Å². The summed E-state index contributed by atoms with van der Waals surface area (Å²) in [5.74, 6) is -1.23. The molecule has 0 bridgehead atoms. The van der Waals surface area contributed by atoms with Gasteiger partial charge in [0.05, 0.1) is 11.7 Å². The maximum absolute atomic E-state index is 12.5. The predicted octanol–water partition coefficient (Wildman–Crippen LogP) is 4.89. The normalized spacial score (nSPS) is 15.0. The lowest BCUT2D eigenvalue weighted by molar-refractivity contribution is -0.115. The number of hydrogen-bond donors (Lipinski definition) is 1. The molecule has 1 heterocycles. The van der Waals surface area contributed by atoms with Crippen molar-refractivity contribution in [3.05, 3.63) is 16.0 Å². The van der Waals surface area contributed by atoms with E-state index in [9.17, 15) is 9.59 Å². The van der Waals surface area contributed by atoms with E-state index in [4.69, 9.17) is 39.5 Å². The lowest BCUT2D eigenvalue weighted by Gasteiger charge is -2.13. The maximum atomic E-state index is 12.5. The van der Waals surface area contributed by atoms with Gasteiger partial charge in [0.25, 0.3) is 9.70 Å². The Hall–Kier alpha value is -0.490. The molecule has 0 radical (unpaired) electrons. The van der Waals surface area contributed by atoms with Crippen molar-refractivity contribution in [2.45, 2.75) is 55.8 Å². The van der Waals surface area contributed by atoms with Gasteiger partial charge in [0, 0.05) is 4.88 Å². The first-order valence-electron chi connectivity index (χ1n) is 7.44. The van der Waals surface area contributed by atoms with Gasteiger partial charge in [-0.2, -0.15) is 0 Å². The number of anilines is 1. The lowest BCUT2D eigenvalue weighted by Crippen LogP contribution is -2.27. The van der Waals surface area contributed by atoms with Crippen LogP contribution in [0, 0.1) is 0 Å². The summed E-state index contributed by atoms with van der Waals surface area (Å²) in [6.45, 7) is 3.56. The van der Waals surface area contributed by atoms with E-state index in [1.807, 2.05) is 0 Å². The molecule has 1 N–H and O–H groups in total. The molecule has 1 amide bonds. The fourth-order valence-electron chi connectivity index (χ4n) is 2.49. The quantitative estimate of drug-likeness (QED) is 0.448. The van der Waals surface area contributed by atoms with Gasteiger partial charge in [-0.25, -0.2) is 4.79 Å². The molecule has 0 spiro atoms. The fraction of sp³-hybridized carbons (Fsp3) is 0.600. The van der Waals surface area contributed by atoms with E-state index in [1.165, 1.54) is 11.3 Å². The highest BCUT2D eigenvalue weighted by atomic mass is 35.6. The number of hydrogen-bond acceptors (Lipinski definition) is 4. The SMILES string of the molecule is CC(C)OC(=O)c1c(NC(=O)C(Cl)(Cl)Cl)sc2c1CCCCC2. The van der Waals surface area contributed by atoms with Crippen molar-refractivity contribution in [3.63, 3.8) is 0 Å². The second-order valence-corrected chi connectivity index (χ2v) is 9.06. The Morgan fingerprint density at radius 3 is 2.43 bits per heavy atom. The highest BCUT2D eigenvalue weighted by Gasteiger charge is 2.34. The van der Waals surface area contributed by atoms with Crippen molar-refractivity contribution < 1.29 is 14.3 Å². The first kappa shape index (κ1) is 18.8. The molecular formula is C15H18Cl3NO3S. The summed E-state index contributed by atoms with van der Waals surface area (Å²) in [6, 6.07) is 0. The van der Waals surface area contributed by atoms with Crippen LogP contribution >= 0.6 is 46.1 Å². The average Bonchev–Trinajstić information content (AvgIpc) is 2.59. The zero-order valence-electron chi connectivity index (χ0n) is 12.9. The van der Waals surface area contributed by atoms with Crippen LogP contribution in [0.25, 0.3) is 0 Å². The number of alkyl halides is 3. The van der Waals surface area contributed by atoms with E-state index in [-0.39, 0.29) is 6.10 Å². The van der Waals surface area contributed by atoms with E-state index in [2.05, 4.69) is 5.32 Å². The largest absolute Gasteiger partial charge is 0.459 e. The van der Waals surface area contributed by atoms with Gasteiger partial charge < -0.3 is 10.1 Å². The van der Waals surface area contributed by atoms with E-state index in [1.54, 1.807) is 13.8 Å². The number of amides is 1. The number of ether oxygens (including phenoxy) is 1. The third-order valence-corrected chi connectivity index (χ3v) is 5.17. The minimum absolute atomic E-state index is 0.249. The number of halogens is 3. The van der Waals surface area contributed by atoms with Gasteiger partial charge in [0.2, 0.25) is 0 Å². The maximum Gasteiger partial charge on any atom is 0.341 e. The summed E-state index contributed by atoms with van der Waals surface area (Å²) in [5.41, 5.74) is 1.36. The Kier molecular flexibility index (Phi) is 6.22. The molecule has 0 fully saturated rings. The molecule has 23 heavy (non-hydrogen) atoms. The highest BCUT2D eigenvalue weighted by molar-refractivity contribution is 7.17. The van der Waals surface area contributed by atoms with Gasteiger partial charge in [-0.3, -0.25) is 4.79 Å². The Morgan fingerprint density at radius 2 is 1.83 bits per heavy atom. The molecule has 1 aromatic heterocycles. The van der Waals surface area contributed by atoms with Gasteiger partial charge >= 0.3 is 5.97 Å². The van der Waals surface area contributed by atoms with Crippen LogP contribution in [0.2, 0.25) is 0 Å². The Labute approximate surface area is 154 Å². The van der Waals surface area contributed by atoms with Crippen molar-refractivity contribution in [1.82, 2.24) is 0 Å². The number of carbonyl (C=O) groups is 2. The predicted molar refractivity (Wildman–Crippen MR) is 95.0 cm³/mol. The minimum Gasteiger partial charge on any atom is -0.459 e. The van der Waals surface area contributed by atoms with Crippen molar-refractivity contribution >= 4 is 63.0 Å². The second-order valence-electron chi connectivity index (χ2n) is 5.67. The molecule has 0 aromatic carbocycles. The number of rotatable bonds is 3. The second kappa shape index (κ2) is 7.60. The zero-order valence-corrected chi connectivity index (χ0v) is 16.0. The molecule has 8 heteroatoms. The number of thiophene rings is 1. The summed E-state index contributed by atoms with van der Waals surface area (Å²) >= 11 is 18.2. The minimum atomic E-state index is -2.08. The highest BCUT2D eigenvalue weighted by Crippen LogP contribution is 2.39. The summed E-state index contributed by atoms with van der Waals surface area (Å²) in [6.07, 6.45) is 4.60. The smallest absolute Gasteiger partial charge is 0.341 e. The first-order chi connectivity index (χ1) is 10.7. The third-order valence-electron chi connectivity index (χ3n) is 3.45. The third kappa shape index (κ3) is 4.75. The van der Waals surface area contributed by atoms with Crippen LogP contribution in [0.4, 0.5) is 5.00 Å². The summed E-state index contributed by atoms with van der Waals surface area (Å²) < 4.78 is 3.24. The molecule has 0 saturated carbocycles. The fourth-order valence-corrected chi connectivity index (χ4v) is 3.91. The molecule has 0 unspecified atom stereocenters. The molecule has 0 aliphatic heterocycles. The van der Waals surface area contributed by atoms with Crippen molar-refractivity contribution in [2.75, 3.05) is 5.32 Å². The molecule has 4 nitrogen and oxygen atoms in total. The van der Waals surface area contributed by atoms with E-state index >= 15 is 0 Å². The standard InChI is InChI=1S/C15H18Cl3NO3S/c1-8(2)22-13(20)11-9-6-4-3-5-7-10(9)23-12(11)19-14(21)15(16,17)18/h8H,3-7H2,1-2H3,(H,19,21). The molecular weight excluding hydrogens is 381 g/mol. The van der Waals surface area contributed by atoms with Crippen LogP contribution in [0.5, 0.6) is 0 Å². The van der Waals surface area contributed by atoms with Gasteiger partial charge in [0.15, 0.2) is 0 Å². The lowest BCUT2D eigenvalue weighted by atomic mass is 10.1. The number of fused-ring (bicyclic) bond motifs is 1. The van der Waals surface area contributed by atoms with Crippen molar-refractivity contribution in [1.29, 1.82) is 0 Å². The van der Waals surface area contributed by atoms with Gasteiger partial charge in [-0.1, -0.05) is 41.2 Å². The van der Waals surface area contributed by atoms with E-state index < -0.39 is 15.7 Å². The number of aryl methyl sites for hydroxylation is 1. The zero-order chi connectivity index (χ0) is 17.2. The van der Waals surface area contributed by atoms with Gasteiger partial charge in [-0.05, 0) is 45.1 Å². The summed E-state index contributed by atoms with van der Waals surface area (Å²) in [4.78, 5) is 25.5. The van der Waals surface area contributed by atoms with Crippen LogP contribution in [-0.4, -0.2) is 21.8 Å². The molecule has 0 atom stereocenters. The van der Waals surface area contributed by atoms with Crippen LogP contribution in [-0.2, 0) is 22.4 Å². The topological polar surface area (TPSA) is 55.4 Å². The molecule has 1 aliphatic rings. The van der Waals surface area contributed by atoms with Gasteiger partial charge in [-0.15, -0.1) is 11.3 Å². The Bertz CT molecular complexity index is 608. The molecule has 2 rings (SSSR count). The Morgan fingerprint density at radius 1 is 1.17 bits per heavy atom. The molecule has 0 saturated heterocycles.